The summed E-state index contributed by atoms with van der Waals surface area (Å²) in [6.07, 6.45) is 2.80. The van der Waals surface area contributed by atoms with Crippen LogP contribution in [0, 0.1) is 5.92 Å². The number of benzene rings is 1. The highest BCUT2D eigenvalue weighted by Crippen LogP contribution is 2.16. The first kappa shape index (κ1) is 20.1. The summed E-state index contributed by atoms with van der Waals surface area (Å²) in [5.74, 6) is 2.41. The van der Waals surface area contributed by atoms with E-state index in [1.165, 1.54) is 6.42 Å². The van der Waals surface area contributed by atoms with E-state index in [4.69, 9.17) is 4.74 Å². The van der Waals surface area contributed by atoms with Crippen LogP contribution >= 0.6 is 0 Å². The van der Waals surface area contributed by atoms with E-state index < -0.39 is 0 Å². The summed E-state index contributed by atoms with van der Waals surface area (Å²) in [4.78, 5) is 18.8. The zero-order chi connectivity index (χ0) is 18.6. The van der Waals surface area contributed by atoms with Gasteiger partial charge in [-0.2, -0.15) is 0 Å². The van der Waals surface area contributed by atoms with Crippen molar-refractivity contribution in [1.82, 2.24) is 15.5 Å². The van der Waals surface area contributed by atoms with E-state index in [-0.39, 0.29) is 5.91 Å². The third kappa shape index (κ3) is 7.33. The zero-order valence-corrected chi connectivity index (χ0v) is 16.0. The fourth-order valence-electron chi connectivity index (χ4n) is 3.03. The average molecular weight is 361 g/mol. The summed E-state index contributed by atoms with van der Waals surface area (Å²) in [5.41, 5.74) is 0. The van der Waals surface area contributed by atoms with Crippen LogP contribution in [0.3, 0.4) is 0 Å². The Hall–Kier alpha value is -2.24. The van der Waals surface area contributed by atoms with Crippen LogP contribution in [0.1, 0.15) is 33.1 Å². The van der Waals surface area contributed by atoms with Gasteiger partial charge in [0.1, 0.15) is 12.4 Å². The predicted octanol–water partition coefficient (Wildman–Crippen LogP) is 2.27. The minimum atomic E-state index is 0.212. The second-order valence-electron chi connectivity index (χ2n) is 6.69. The molecule has 1 aliphatic heterocycles. The van der Waals surface area contributed by atoms with Crippen molar-refractivity contribution >= 4 is 11.9 Å². The molecule has 1 aliphatic rings. The Morgan fingerprint density at radius 3 is 2.85 bits per heavy atom. The number of hydrogen-bond donors (Lipinski definition) is 2. The lowest BCUT2D eigenvalue weighted by Gasteiger charge is -2.30. The van der Waals surface area contributed by atoms with E-state index >= 15 is 0 Å². The van der Waals surface area contributed by atoms with Gasteiger partial charge < -0.3 is 20.3 Å². The molecule has 6 nitrogen and oxygen atoms in total. The number of carbonyl (C=O) groups is 1. The first-order valence-corrected chi connectivity index (χ1v) is 9.67. The molecule has 6 heteroatoms. The number of rotatable bonds is 8. The molecule has 1 atom stereocenters. The highest BCUT2D eigenvalue weighted by Gasteiger charge is 2.20. The van der Waals surface area contributed by atoms with E-state index in [1.54, 1.807) is 0 Å². The summed E-state index contributed by atoms with van der Waals surface area (Å²) in [6.45, 7) is 8.50. The van der Waals surface area contributed by atoms with Crippen molar-refractivity contribution in [2.45, 2.75) is 33.1 Å². The Bertz CT molecular complexity index is 562. The molecule has 1 saturated heterocycles. The molecule has 0 radical (unpaired) electrons. The molecule has 1 heterocycles. The van der Waals surface area contributed by atoms with Gasteiger partial charge in [-0.25, -0.2) is 0 Å². The number of para-hydroxylation sites is 1. The summed E-state index contributed by atoms with van der Waals surface area (Å²) in [6, 6.07) is 9.74. The average Bonchev–Trinajstić information content (AvgIpc) is 2.66. The van der Waals surface area contributed by atoms with Crippen molar-refractivity contribution in [2.24, 2.45) is 10.9 Å². The number of piperidine rings is 1. The van der Waals surface area contributed by atoms with Crippen LogP contribution in [0.4, 0.5) is 0 Å². The van der Waals surface area contributed by atoms with Gasteiger partial charge in [0.2, 0.25) is 5.91 Å². The van der Waals surface area contributed by atoms with E-state index in [2.05, 4.69) is 22.5 Å². The molecule has 1 aromatic carbocycles. The first-order valence-electron chi connectivity index (χ1n) is 9.67. The van der Waals surface area contributed by atoms with Gasteiger partial charge in [0.05, 0.1) is 13.1 Å². The van der Waals surface area contributed by atoms with Gasteiger partial charge in [-0.1, -0.05) is 25.1 Å². The monoisotopic (exact) mass is 360 g/mol. The summed E-state index contributed by atoms with van der Waals surface area (Å²) < 4.78 is 5.66. The van der Waals surface area contributed by atoms with Crippen LogP contribution in [-0.2, 0) is 4.79 Å². The zero-order valence-electron chi connectivity index (χ0n) is 16.0. The molecule has 144 valence electrons. The standard InChI is InChI=1S/C20H32N4O2/c1-3-21-20(23-13-15-26-18-9-5-4-6-10-18)22-12-11-19(25)24-14-7-8-17(2)16-24/h4-6,9-10,17H,3,7-8,11-16H2,1-2H3,(H2,21,22,23). The van der Waals surface area contributed by atoms with Crippen molar-refractivity contribution in [1.29, 1.82) is 0 Å². The minimum Gasteiger partial charge on any atom is -0.492 e. The van der Waals surface area contributed by atoms with Gasteiger partial charge >= 0.3 is 0 Å². The van der Waals surface area contributed by atoms with E-state index in [1.807, 2.05) is 42.2 Å². The number of guanidine groups is 1. The molecule has 0 spiro atoms. The SMILES string of the molecule is CCNC(=NCCC(=O)N1CCCC(C)C1)NCCOc1ccccc1. The Kier molecular flexibility index (Phi) is 8.79. The van der Waals surface area contributed by atoms with Gasteiger partial charge in [0.25, 0.3) is 0 Å². The lowest BCUT2D eigenvalue weighted by atomic mass is 10.00. The maximum Gasteiger partial charge on any atom is 0.224 e. The number of nitrogens with one attached hydrogen (secondary N) is 2. The Morgan fingerprint density at radius 2 is 2.12 bits per heavy atom. The van der Waals surface area contributed by atoms with E-state index in [0.29, 0.717) is 32.0 Å². The quantitative estimate of drug-likeness (QED) is 0.424. The number of ether oxygens (including phenoxy) is 1. The van der Waals surface area contributed by atoms with E-state index in [0.717, 1.165) is 37.8 Å². The number of amides is 1. The summed E-state index contributed by atoms with van der Waals surface area (Å²) >= 11 is 0. The molecule has 1 aromatic rings. The maximum absolute atomic E-state index is 12.3. The molecule has 0 aliphatic carbocycles. The van der Waals surface area contributed by atoms with Gasteiger partial charge in [-0.3, -0.25) is 9.79 Å². The van der Waals surface area contributed by atoms with Crippen molar-refractivity contribution in [3.05, 3.63) is 30.3 Å². The van der Waals surface area contributed by atoms with Gasteiger partial charge in [0.15, 0.2) is 5.96 Å². The number of aliphatic imine (C=N–C) groups is 1. The van der Waals surface area contributed by atoms with Crippen molar-refractivity contribution in [3.63, 3.8) is 0 Å². The third-order valence-corrected chi connectivity index (χ3v) is 4.36. The fourth-order valence-corrected chi connectivity index (χ4v) is 3.03. The molecule has 2 N–H and O–H groups in total. The highest BCUT2D eigenvalue weighted by molar-refractivity contribution is 5.80. The number of carbonyl (C=O) groups excluding carboxylic acids is 1. The van der Waals surface area contributed by atoms with Crippen LogP contribution in [-0.4, -0.2) is 56.1 Å². The molecule has 0 saturated carbocycles. The van der Waals surface area contributed by atoms with Crippen LogP contribution < -0.4 is 15.4 Å². The Morgan fingerprint density at radius 1 is 1.31 bits per heavy atom. The number of nitrogens with zero attached hydrogens (tertiary/aromatic N) is 2. The molecular formula is C20H32N4O2. The van der Waals surface area contributed by atoms with E-state index in [9.17, 15) is 4.79 Å². The Labute approximate surface area is 157 Å². The molecule has 1 amide bonds. The van der Waals surface area contributed by atoms with Gasteiger partial charge in [0, 0.05) is 26.1 Å². The van der Waals surface area contributed by atoms with Crippen LogP contribution in [0.2, 0.25) is 0 Å². The molecule has 1 unspecified atom stereocenters. The van der Waals surface area contributed by atoms with Crippen molar-refractivity contribution in [2.75, 3.05) is 39.3 Å². The van der Waals surface area contributed by atoms with Crippen molar-refractivity contribution in [3.8, 4) is 5.75 Å². The maximum atomic E-state index is 12.3. The lowest BCUT2D eigenvalue weighted by Crippen LogP contribution is -2.40. The van der Waals surface area contributed by atoms with Crippen LogP contribution in [0.5, 0.6) is 5.75 Å². The molecular weight excluding hydrogens is 328 g/mol. The first-order chi connectivity index (χ1) is 12.7. The molecule has 26 heavy (non-hydrogen) atoms. The molecule has 0 bridgehead atoms. The topological polar surface area (TPSA) is 66.0 Å². The summed E-state index contributed by atoms with van der Waals surface area (Å²) in [5, 5.41) is 6.44. The second-order valence-corrected chi connectivity index (χ2v) is 6.69. The molecule has 2 rings (SSSR count). The Balaban J connectivity index is 1.69. The highest BCUT2D eigenvalue weighted by atomic mass is 16.5. The van der Waals surface area contributed by atoms with Gasteiger partial charge in [-0.05, 0) is 37.8 Å². The molecule has 1 fully saturated rings. The van der Waals surface area contributed by atoms with Gasteiger partial charge in [-0.15, -0.1) is 0 Å². The van der Waals surface area contributed by atoms with Crippen molar-refractivity contribution < 1.29 is 9.53 Å². The smallest absolute Gasteiger partial charge is 0.224 e. The summed E-state index contributed by atoms with van der Waals surface area (Å²) in [7, 11) is 0. The fraction of sp³-hybridized carbons (Fsp3) is 0.600. The third-order valence-electron chi connectivity index (χ3n) is 4.36. The lowest BCUT2D eigenvalue weighted by molar-refractivity contribution is -0.132. The van der Waals surface area contributed by atoms with Crippen LogP contribution in [0.25, 0.3) is 0 Å². The van der Waals surface area contributed by atoms with Crippen LogP contribution in [0.15, 0.2) is 35.3 Å². The number of likely N-dealkylation sites (tertiary alicyclic amines) is 1. The molecule has 0 aromatic heterocycles. The minimum absolute atomic E-state index is 0.212. The second kappa shape index (κ2) is 11.4. The predicted molar refractivity (Wildman–Crippen MR) is 106 cm³/mol. The number of hydrogen-bond acceptors (Lipinski definition) is 3. The normalized spacial score (nSPS) is 17.7. The largest absolute Gasteiger partial charge is 0.492 e.